The van der Waals surface area contributed by atoms with Crippen LogP contribution in [0.4, 0.5) is 17.5 Å². The monoisotopic (exact) mass is 446 g/mol. The fourth-order valence-electron chi connectivity index (χ4n) is 4.04. The van der Waals surface area contributed by atoms with Crippen LogP contribution in [0.1, 0.15) is 24.5 Å². The first-order chi connectivity index (χ1) is 15.9. The molecular weight excluding hydrogens is 420 g/mol. The lowest BCUT2D eigenvalue weighted by Crippen LogP contribution is -2.35. The van der Waals surface area contributed by atoms with Gasteiger partial charge in [0.15, 0.2) is 11.5 Å². The molecule has 0 saturated carbocycles. The smallest absolute Gasteiger partial charge is 0.229 e. The van der Waals surface area contributed by atoms with Gasteiger partial charge in [-0.1, -0.05) is 6.07 Å². The highest BCUT2D eigenvalue weighted by atomic mass is 16.5. The molecule has 1 aliphatic heterocycles. The van der Waals surface area contributed by atoms with Crippen LogP contribution in [0.15, 0.2) is 30.3 Å². The van der Waals surface area contributed by atoms with Crippen molar-refractivity contribution < 1.29 is 14.3 Å². The van der Waals surface area contributed by atoms with Crippen LogP contribution in [-0.2, 0) is 4.79 Å². The molecule has 2 heterocycles. The molecule has 0 bridgehead atoms. The normalized spacial score (nSPS) is 15.2. The van der Waals surface area contributed by atoms with Crippen molar-refractivity contribution in [3.8, 4) is 17.6 Å². The number of carbonyl (C=O) groups is 1. The van der Waals surface area contributed by atoms with E-state index in [2.05, 4.69) is 21.6 Å². The molecule has 0 radical (unpaired) electrons. The molecule has 3 aromatic rings. The SMILES string of the molecule is COc1cc2nc(Nc3ccc(C)c(C#N)c3)nc(N3CC[C@H](NC(C)=O)C3)c2cc1OC. The number of benzene rings is 2. The van der Waals surface area contributed by atoms with Crippen molar-refractivity contribution in [2.75, 3.05) is 37.5 Å². The first-order valence-corrected chi connectivity index (χ1v) is 10.7. The van der Waals surface area contributed by atoms with E-state index in [-0.39, 0.29) is 11.9 Å². The number of carbonyl (C=O) groups excluding carboxylic acids is 1. The average molecular weight is 447 g/mol. The number of hydrogen-bond donors (Lipinski definition) is 2. The van der Waals surface area contributed by atoms with E-state index < -0.39 is 0 Å². The van der Waals surface area contributed by atoms with Crippen molar-refractivity contribution in [3.05, 3.63) is 41.5 Å². The molecule has 9 heteroatoms. The Morgan fingerprint density at radius 2 is 1.94 bits per heavy atom. The number of ether oxygens (including phenoxy) is 2. The Balaban J connectivity index is 1.78. The van der Waals surface area contributed by atoms with Crippen LogP contribution in [0, 0.1) is 18.3 Å². The lowest BCUT2D eigenvalue weighted by Gasteiger charge is -2.21. The quantitative estimate of drug-likeness (QED) is 0.593. The molecule has 1 fully saturated rings. The number of aryl methyl sites for hydroxylation is 1. The number of amides is 1. The molecule has 1 atom stereocenters. The highest BCUT2D eigenvalue weighted by Crippen LogP contribution is 2.37. The van der Waals surface area contributed by atoms with E-state index >= 15 is 0 Å². The summed E-state index contributed by atoms with van der Waals surface area (Å²) in [6, 6.07) is 11.5. The molecule has 0 unspecified atom stereocenters. The largest absolute Gasteiger partial charge is 0.493 e. The third-order valence-electron chi connectivity index (χ3n) is 5.69. The summed E-state index contributed by atoms with van der Waals surface area (Å²) in [5, 5.41) is 16.4. The summed E-state index contributed by atoms with van der Waals surface area (Å²) in [6.07, 6.45) is 0.824. The van der Waals surface area contributed by atoms with E-state index in [1.165, 1.54) is 6.92 Å². The number of methoxy groups -OCH3 is 2. The number of fused-ring (bicyclic) bond motifs is 1. The van der Waals surface area contributed by atoms with E-state index in [4.69, 9.17) is 19.4 Å². The van der Waals surface area contributed by atoms with Crippen LogP contribution in [-0.4, -0.2) is 49.2 Å². The van der Waals surface area contributed by atoms with Crippen molar-refractivity contribution in [2.45, 2.75) is 26.3 Å². The van der Waals surface area contributed by atoms with Gasteiger partial charge in [0.05, 0.1) is 31.4 Å². The molecule has 1 saturated heterocycles. The van der Waals surface area contributed by atoms with Gasteiger partial charge in [-0.15, -0.1) is 0 Å². The zero-order valence-corrected chi connectivity index (χ0v) is 19.1. The lowest BCUT2D eigenvalue weighted by atomic mass is 10.1. The number of nitrogens with zero attached hydrogens (tertiary/aromatic N) is 4. The number of nitriles is 1. The van der Waals surface area contributed by atoms with Crippen LogP contribution >= 0.6 is 0 Å². The molecule has 2 aromatic carbocycles. The number of aromatic nitrogens is 2. The maximum atomic E-state index is 11.5. The van der Waals surface area contributed by atoms with Gasteiger partial charge in [0.2, 0.25) is 11.9 Å². The summed E-state index contributed by atoms with van der Waals surface area (Å²) in [4.78, 5) is 23.2. The van der Waals surface area contributed by atoms with E-state index in [1.54, 1.807) is 20.3 Å². The number of anilines is 3. The minimum absolute atomic E-state index is 0.0455. The Bertz CT molecular complexity index is 1250. The summed E-state index contributed by atoms with van der Waals surface area (Å²) in [7, 11) is 3.17. The minimum Gasteiger partial charge on any atom is -0.493 e. The van der Waals surface area contributed by atoms with Gasteiger partial charge in [0, 0.05) is 43.2 Å². The first kappa shape index (κ1) is 22.1. The van der Waals surface area contributed by atoms with Crippen molar-refractivity contribution in [1.82, 2.24) is 15.3 Å². The van der Waals surface area contributed by atoms with Gasteiger partial charge >= 0.3 is 0 Å². The lowest BCUT2D eigenvalue weighted by molar-refractivity contribution is -0.119. The van der Waals surface area contributed by atoms with Gasteiger partial charge in [0.25, 0.3) is 0 Å². The summed E-state index contributed by atoms with van der Waals surface area (Å²) in [5.74, 6) is 2.26. The van der Waals surface area contributed by atoms with Gasteiger partial charge in [0.1, 0.15) is 5.82 Å². The van der Waals surface area contributed by atoms with Crippen molar-refractivity contribution >= 4 is 34.3 Å². The molecule has 4 rings (SSSR count). The molecule has 170 valence electrons. The Labute approximate surface area is 192 Å². The number of hydrogen-bond acceptors (Lipinski definition) is 8. The van der Waals surface area contributed by atoms with Crippen molar-refractivity contribution in [2.24, 2.45) is 0 Å². The van der Waals surface area contributed by atoms with E-state index in [0.29, 0.717) is 35.1 Å². The van der Waals surface area contributed by atoms with E-state index in [0.717, 1.165) is 35.4 Å². The second kappa shape index (κ2) is 9.20. The van der Waals surface area contributed by atoms with E-state index in [1.807, 2.05) is 31.2 Å². The maximum absolute atomic E-state index is 11.5. The molecule has 9 nitrogen and oxygen atoms in total. The number of rotatable bonds is 6. The third kappa shape index (κ3) is 4.60. The summed E-state index contributed by atoms with van der Waals surface area (Å²) >= 11 is 0. The fourth-order valence-corrected chi connectivity index (χ4v) is 4.04. The molecule has 33 heavy (non-hydrogen) atoms. The van der Waals surface area contributed by atoms with Gasteiger partial charge in [-0.3, -0.25) is 4.79 Å². The number of nitrogens with one attached hydrogen (secondary N) is 2. The van der Waals surface area contributed by atoms with Gasteiger partial charge in [-0.25, -0.2) is 4.98 Å². The molecule has 0 spiro atoms. The van der Waals surface area contributed by atoms with Crippen LogP contribution < -0.4 is 25.0 Å². The molecule has 2 N–H and O–H groups in total. The highest BCUT2D eigenvalue weighted by Gasteiger charge is 2.27. The van der Waals surface area contributed by atoms with Crippen LogP contribution in [0.25, 0.3) is 10.9 Å². The molecule has 1 aromatic heterocycles. The zero-order chi connectivity index (χ0) is 23.5. The van der Waals surface area contributed by atoms with Gasteiger partial charge in [-0.2, -0.15) is 10.2 Å². The van der Waals surface area contributed by atoms with Gasteiger partial charge < -0.3 is 25.0 Å². The van der Waals surface area contributed by atoms with Crippen LogP contribution in [0.2, 0.25) is 0 Å². The fraction of sp³-hybridized carbons (Fsp3) is 0.333. The first-order valence-electron chi connectivity index (χ1n) is 10.7. The predicted molar refractivity (Wildman–Crippen MR) is 126 cm³/mol. The summed E-state index contributed by atoms with van der Waals surface area (Å²) in [6.45, 7) is 4.81. The second-order valence-electron chi connectivity index (χ2n) is 7.99. The third-order valence-corrected chi connectivity index (χ3v) is 5.69. The Morgan fingerprint density at radius 1 is 1.18 bits per heavy atom. The molecular formula is C24H26N6O3. The summed E-state index contributed by atoms with van der Waals surface area (Å²) in [5.41, 5.74) is 2.91. The molecule has 1 aliphatic rings. The Kier molecular flexibility index (Phi) is 6.18. The van der Waals surface area contributed by atoms with Crippen LogP contribution in [0.3, 0.4) is 0 Å². The zero-order valence-electron chi connectivity index (χ0n) is 19.1. The topological polar surface area (TPSA) is 112 Å². The second-order valence-corrected chi connectivity index (χ2v) is 7.99. The minimum atomic E-state index is -0.0455. The highest BCUT2D eigenvalue weighted by molar-refractivity contribution is 5.93. The Morgan fingerprint density at radius 3 is 2.64 bits per heavy atom. The summed E-state index contributed by atoms with van der Waals surface area (Å²) < 4.78 is 11.0. The maximum Gasteiger partial charge on any atom is 0.229 e. The van der Waals surface area contributed by atoms with Gasteiger partial charge in [-0.05, 0) is 37.1 Å². The van der Waals surface area contributed by atoms with Crippen molar-refractivity contribution in [1.29, 1.82) is 5.26 Å². The molecule has 0 aliphatic carbocycles. The standard InChI is InChI=1S/C24H26N6O3/c1-14-5-6-17(9-16(14)12-25)27-24-28-20-11-22(33-4)21(32-3)10-19(20)23(29-24)30-8-7-18(13-30)26-15(2)31/h5-6,9-11,18H,7-8,13H2,1-4H3,(H,26,31)(H,27,28,29)/t18-/m0/s1. The van der Waals surface area contributed by atoms with Crippen molar-refractivity contribution in [3.63, 3.8) is 0 Å². The Hall–Kier alpha value is -4.06. The molecule has 1 amide bonds. The average Bonchev–Trinajstić information content (AvgIpc) is 3.26. The predicted octanol–water partition coefficient (Wildman–Crippen LogP) is 3.29. The van der Waals surface area contributed by atoms with E-state index in [9.17, 15) is 10.1 Å². The van der Waals surface area contributed by atoms with Crippen LogP contribution in [0.5, 0.6) is 11.5 Å².